The van der Waals surface area contributed by atoms with E-state index in [1.807, 2.05) is 20.8 Å². The van der Waals surface area contributed by atoms with E-state index in [0.717, 1.165) is 25.9 Å². The van der Waals surface area contributed by atoms with Gasteiger partial charge in [-0.25, -0.2) is 0 Å². The monoisotopic (exact) mass is 299 g/mol. The van der Waals surface area contributed by atoms with Crippen molar-refractivity contribution < 1.29 is 14.7 Å². The molecule has 1 fully saturated rings. The molecule has 0 radical (unpaired) electrons. The average molecular weight is 299 g/mol. The lowest BCUT2D eigenvalue weighted by molar-refractivity contribution is -0.142. The zero-order chi connectivity index (χ0) is 16.0. The number of rotatable bonds is 6. The van der Waals surface area contributed by atoms with E-state index in [-0.39, 0.29) is 23.9 Å². The Balaban J connectivity index is 2.34. The van der Waals surface area contributed by atoms with Gasteiger partial charge in [-0.05, 0) is 24.7 Å². The zero-order valence-corrected chi connectivity index (χ0v) is 13.4. The highest BCUT2D eigenvalue weighted by Gasteiger charge is 2.25. The summed E-state index contributed by atoms with van der Waals surface area (Å²) in [7, 11) is 0. The normalized spacial score (nSPS) is 19.2. The van der Waals surface area contributed by atoms with Crippen molar-refractivity contribution in [3.63, 3.8) is 0 Å². The average Bonchev–Trinajstić information content (AvgIpc) is 2.35. The summed E-state index contributed by atoms with van der Waals surface area (Å²) in [5.41, 5.74) is 5.75. The van der Waals surface area contributed by atoms with Crippen LogP contribution in [-0.4, -0.2) is 54.1 Å². The number of nitrogens with zero attached hydrogens (tertiary/aromatic N) is 1. The summed E-state index contributed by atoms with van der Waals surface area (Å²) >= 11 is 0. The summed E-state index contributed by atoms with van der Waals surface area (Å²) in [6, 6.07) is 0.243. The summed E-state index contributed by atoms with van der Waals surface area (Å²) in [5, 5.41) is 12.0. The maximum atomic E-state index is 11.9. The van der Waals surface area contributed by atoms with Crippen molar-refractivity contribution in [1.82, 2.24) is 10.2 Å². The molecule has 1 aliphatic heterocycles. The quantitative estimate of drug-likeness (QED) is 0.670. The summed E-state index contributed by atoms with van der Waals surface area (Å²) in [6.07, 6.45) is 2.37. The molecule has 1 unspecified atom stereocenters. The van der Waals surface area contributed by atoms with Gasteiger partial charge in [0.15, 0.2) is 0 Å². The van der Waals surface area contributed by atoms with Gasteiger partial charge in [-0.1, -0.05) is 20.8 Å². The molecular formula is C15H29N3O3. The minimum Gasteiger partial charge on any atom is -0.481 e. The second-order valence-corrected chi connectivity index (χ2v) is 7.22. The minimum atomic E-state index is -0.853. The van der Waals surface area contributed by atoms with Gasteiger partial charge < -0.3 is 16.2 Å². The number of carbonyl (C=O) groups excluding carboxylic acids is 1. The highest BCUT2D eigenvalue weighted by Crippen LogP contribution is 2.24. The van der Waals surface area contributed by atoms with E-state index in [1.54, 1.807) is 0 Å². The number of amides is 1. The van der Waals surface area contributed by atoms with Crippen LogP contribution < -0.4 is 11.1 Å². The second-order valence-electron chi connectivity index (χ2n) is 7.22. The number of aliphatic carboxylic acids is 1. The molecule has 1 amide bonds. The molecular weight excluding hydrogens is 270 g/mol. The SMILES string of the molecule is CC(C)(C)CC(CNC(=O)CN1CCC(N)CC1)C(=O)O. The fourth-order valence-corrected chi connectivity index (χ4v) is 2.59. The molecule has 0 bridgehead atoms. The highest BCUT2D eigenvalue weighted by atomic mass is 16.4. The van der Waals surface area contributed by atoms with Crippen molar-refractivity contribution in [3.05, 3.63) is 0 Å². The van der Waals surface area contributed by atoms with Crippen molar-refractivity contribution in [2.75, 3.05) is 26.2 Å². The molecule has 1 aliphatic rings. The largest absolute Gasteiger partial charge is 0.481 e. The van der Waals surface area contributed by atoms with Crippen molar-refractivity contribution in [2.24, 2.45) is 17.1 Å². The molecule has 1 atom stereocenters. The van der Waals surface area contributed by atoms with Crippen molar-refractivity contribution in [3.8, 4) is 0 Å². The number of hydrogen-bond acceptors (Lipinski definition) is 4. The second kappa shape index (κ2) is 7.75. The fourth-order valence-electron chi connectivity index (χ4n) is 2.59. The standard InChI is InChI=1S/C15H29N3O3/c1-15(2,3)8-11(14(20)21)9-17-13(19)10-18-6-4-12(16)5-7-18/h11-12H,4-10,16H2,1-3H3,(H,17,19)(H,20,21). The lowest BCUT2D eigenvalue weighted by Crippen LogP contribution is -2.45. The fraction of sp³-hybridized carbons (Fsp3) is 0.867. The maximum absolute atomic E-state index is 11.9. The third-order valence-electron chi connectivity index (χ3n) is 3.75. The first-order chi connectivity index (χ1) is 9.67. The molecule has 0 spiro atoms. The molecule has 4 N–H and O–H groups in total. The molecule has 0 aromatic rings. The van der Waals surface area contributed by atoms with E-state index in [4.69, 9.17) is 5.73 Å². The first-order valence-electron chi connectivity index (χ1n) is 7.65. The third kappa shape index (κ3) is 7.43. The molecule has 1 rings (SSSR count). The molecule has 0 aliphatic carbocycles. The smallest absolute Gasteiger partial charge is 0.308 e. The van der Waals surface area contributed by atoms with Gasteiger partial charge in [0.25, 0.3) is 0 Å². The van der Waals surface area contributed by atoms with Crippen LogP contribution >= 0.6 is 0 Å². The number of carboxylic acids is 1. The predicted octanol–water partition coefficient (Wildman–Crippen LogP) is 0.663. The summed E-state index contributed by atoms with van der Waals surface area (Å²) in [6.45, 7) is 8.19. The van der Waals surface area contributed by atoms with Gasteiger partial charge in [0.05, 0.1) is 12.5 Å². The summed E-state index contributed by atoms with van der Waals surface area (Å²) in [5.74, 6) is -1.50. The van der Waals surface area contributed by atoms with Crippen molar-refractivity contribution >= 4 is 11.9 Å². The van der Waals surface area contributed by atoms with E-state index in [2.05, 4.69) is 10.2 Å². The Morgan fingerprint density at radius 2 is 1.90 bits per heavy atom. The minimum absolute atomic E-state index is 0.0726. The van der Waals surface area contributed by atoms with Gasteiger partial charge in [-0.3, -0.25) is 14.5 Å². The molecule has 122 valence electrons. The molecule has 0 aromatic heterocycles. The Kier molecular flexibility index (Phi) is 6.61. The summed E-state index contributed by atoms with van der Waals surface area (Å²) < 4.78 is 0. The number of carboxylic acid groups (broad SMARTS) is 1. The van der Waals surface area contributed by atoms with Crippen LogP contribution in [0, 0.1) is 11.3 Å². The van der Waals surface area contributed by atoms with Crippen molar-refractivity contribution in [1.29, 1.82) is 0 Å². The van der Waals surface area contributed by atoms with E-state index in [9.17, 15) is 14.7 Å². The van der Waals surface area contributed by atoms with Gasteiger partial charge >= 0.3 is 5.97 Å². The molecule has 0 aromatic carbocycles. The van der Waals surface area contributed by atoms with E-state index in [0.29, 0.717) is 13.0 Å². The molecule has 1 heterocycles. The third-order valence-corrected chi connectivity index (χ3v) is 3.75. The lowest BCUT2D eigenvalue weighted by atomic mass is 9.84. The summed E-state index contributed by atoms with van der Waals surface area (Å²) in [4.78, 5) is 25.2. The predicted molar refractivity (Wildman–Crippen MR) is 81.9 cm³/mol. The van der Waals surface area contributed by atoms with Crippen LogP contribution in [-0.2, 0) is 9.59 Å². The topological polar surface area (TPSA) is 95.7 Å². The molecule has 0 saturated carbocycles. The molecule has 21 heavy (non-hydrogen) atoms. The Morgan fingerprint density at radius 1 is 1.33 bits per heavy atom. The molecule has 6 heteroatoms. The Hall–Kier alpha value is -1.14. The van der Waals surface area contributed by atoms with Crippen LogP contribution in [0.15, 0.2) is 0 Å². The number of piperidine rings is 1. The van der Waals surface area contributed by atoms with E-state index < -0.39 is 11.9 Å². The Labute approximate surface area is 127 Å². The Morgan fingerprint density at radius 3 is 2.38 bits per heavy atom. The molecule has 6 nitrogen and oxygen atoms in total. The van der Waals surface area contributed by atoms with E-state index in [1.165, 1.54) is 0 Å². The van der Waals surface area contributed by atoms with Crippen LogP contribution in [0.1, 0.15) is 40.0 Å². The number of hydrogen-bond donors (Lipinski definition) is 3. The van der Waals surface area contributed by atoms with Gasteiger partial charge in [0, 0.05) is 25.7 Å². The van der Waals surface area contributed by atoms with Crippen LogP contribution in [0.2, 0.25) is 0 Å². The van der Waals surface area contributed by atoms with Crippen molar-refractivity contribution in [2.45, 2.75) is 46.1 Å². The van der Waals surface area contributed by atoms with Gasteiger partial charge in [0.1, 0.15) is 0 Å². The van der Waals surface area contributed by atoms with Crippen LogP contribution in [0.3, 0.4) is 0 Å². The van der Waals surface area contributed by atoms with Crippen LogP contribution in [0.4, 0.5) is 0 Å². The Bertz CT molecular complexity index is 358. The number of carbonyl (C=O) groups is 2. The van der Waals surface area contributed by atoms with Gasteiger partial charge in [-0.2, -0.15) is 0 Å². The first-order valence-corrected chi connectivity index (χ1v) is 7.65. The van der Waals surface area contributed by atoms with Crippen LogP contribution in [0.5, 0.6) is 0 Å². The number of nitrogens with one attached hydrogen (secondary N) is 1. The van der Waals surface area contributed by atoms with Gasteiger partial charge in [-0.15, -0.1) is 0 Å². The number of likely N-dealkylation sites (tertiary alicyclic amines) is 1. The molecule has 1 saturated heterocycles. The van der Waals surface area contributed by atoms with Gasteiger partial charge in [0.2, 0.25) is 5.91 Å². The van der Waals surface area contributed by atoms with Crippen LogP contribution in [0.25, 0.3) is 0 Å². The maximum Gasteiger partial charge on any atom is 0.308 e. The van der Waals surface area contributed by atoms with E-state index >= 15 is 0 Å². The first kappa shape index (κ1) is 17.9. The number of nitrogens with two attached hydrogens (primary N) is 1. The zero-order valence-electron chi connectivity index (χ0n) is 13.4. The lowest BCUT2D eigenvalue weighted by Gasteiger charge is -2.29. The highest BCUT2D eigenvalue weighted by molar-refractivity contribution is 5.79.